The van der Waals surface area contributed by atoms with Gasteiger partial charge in [0.05, 0.1) is 10.2 Å². The lowest BCUT2D eigenvalue weighted by molar-refractivity contribution is 0.0835. The highest BCUT2D eigenvalue weighted by molar-refractivity contribution is 9.10. The van der Waals surface area contributed by atoms with E-state index in [-0.39, 0.29) is 0 Å². The molecule has 0 N–H and O–H groups in total. The summed E-state index contributed by atoms with van der Waals surface area (Å²) in [5, 5.41) is 0.519. The lowest BCUT2D eigenvalue weighted by atomic mass is 9.99. The number of hydrogen-bond acceptors (Lipinski definition) is 3. The van der Waals surface area contributed by atoms with Crippen LogP contribution in [0.4, 0.5) is 0 Å². The van der Waals surface area contributed by atoms with Crippen LogP contribution in [0, 0.1) is 0 Å². The van der Waals surface area contributed by atoms with Gasteiger partial charge in [0, 0.05) is 19.1 Å². The van der Waals surface area contributed by atoms with Gasteiger partial charge in [-0.05, 0) is 34.7 Å². The molecule has 3 nitrogen and oxygen atoms in total. The first-order valence-electron chi connectivity index (χ1n) is 5.90. The average Bonchev–Trinajstić information content (AvgIpc) is 2.33. The first kappa shape index (κ1) is 13.2. The summed E-state index contributed by atoms with van der Waals surface area (Å²) in [7, 11) is 0. The minimum absolute atomic E-state index is 0.337. The molecule has 2 rings (SSSR count). The van der Waals surface area contributed by atoms with Crippen LogP contribution < -0.4 is 0 Å². The molecular formula is C12H16BrClN2O. The molecule has 1 fully saturated rings. The normalized spacial score (nSPS) is 17.7. The Labute approximate surface area is 115 Å². The van der Waals surface area contributed by atoms with Gasteiger partial charge < -0.3 is 4.74 Å². The number of halogens is 2. The van der Waals surface area contributed by atoms with Crippen molar-refractivity contribution in [1.82, 2.24) is 9.97 Å². The average molecular weight is 320 g/mol. The van der Waals surface area contributed by atoms with Gasteiger partial charge >= 0.3 is 0 Å². The van der Waals surface area contributed by atoms with Gasteiger partial charge in [0.15, 0.2) is 0 Å². The highest BCUT2D eigenvalue weighted by atomic mass is 79.9. The van der Waals surface area contributed by atoms with Gasteiger partial charge in [-0.25, -0.2) is 9.97 Å². The molecule has 0 amide bonds. The molecule has 2 heterocycles. The van der Waals surface area contributed by atoms with Crippen molar-refractivity contribution in [3.63, 3.8) is 0 Å². The van der Waals surface area contributed by atoms with Crippen molar-refractivity contribution in [3.8, 4) is 0 Å². The Morgan fingerprint density at radius 1 is 1.29 bits per heavy atom. The molecule has 0 aromatic carbocycles. The number of nitrogens with zero attached hydrogens (tertiary/aromatic N) is 2. The van der Waals surface area contributed by atoms with E-state index in [0.29, 0.717) is 17.0 Å². The van der Waals surface area contributed by atoms with E-state index in [0.717, 1.165) is 42.0 Å². The van der Waals surface area contributed by atoms with Crippen LogP contribution in [0.3, 0.4) is 0 Å². The predicted octanol–water partition coefficient (Wildman–Crippen LogP) is 3.91. The fraction of sp³-hybridized carbons (Fsp3) is 0.667. The molecule has 5 heteroatoms. The van der Waals surface area contributed by atoms with Gasteiger partial charge in [-0.2, -0.15) is 0 Å². The third-order valence-corrected chi connectivity index (χ3v) is 4.27. The minimum atomic E-state index is 0.337. The van der Waals surface area contributed by atoms with Crippen LogP contribution in [-0.2, 0) is 4.74 Å². The Morgan fingerprint density at radius 3 is 2.53 bits per heavy atom. The second-order valence-electron chi connectivity index (χ2n) is 4.61. The van der Waals surface area contributed by atoms with Gasteiger partial charge in [-0.15, -0.1) is 0 Å². The molecule has 0 bridgehead atoms. The molecule has 0 unspecified atom stereocenters. The van der Waals surface area contributed by atoms with Crippen molar-refractivity contribution in [3.05, 3.63) is 21.1 Å². The summed E-state index contributed by atoms with van der Waals surface area (Å²) in [6, 6.07) is 0. The smallest absolute Gasteiger partial charge is 0.147 e. The van der Waals surface area contributed by atoms with E-state index in [9.17, 15) is 0 Å². The van der Waals surface area contributed by atoms with Crippen LogP contribution in [0.1, 0.15) is 50.0 Å². The van der Waals surface area contributed by atoms with E-state index < -0.39 is 0 Å². The van der Waals surface area contributed by atoms with Gasteiger partial charge in [0.2, 0.25) is 0 Å². The van der Waals surface area contributed by atoms with Crippen LogP contribution in [0.15, 0.2) is 4.47 Å². The molecule has 0 spiro atoms. The van der Waals surface area contributed by atoms with Crippen molar-refractivity contribution in [2.75, 3.05) is 13.2 Å². The highest BCUT2D eigenvalue weighted by Gasteiger charge is 2.22. The lowest BCUT2D eigenvalue weighted by Crippen LogP contribution is -2.17. The van der Waals surface area contributed by atoms with Crippen molar-refractivity contribution in [2.45, 2.75) is 38.5 Å². The van der Waals surface area contributed by atoms with Gasteiger partial charge in [0.25, 0.3) is 0 Å². The molecule has 1 saturated heterocycles. The van der Waals surface area contributed by atoms with Gasteiger partial charge in [-0.3, -0.25) is 0 Å². The first-order chi connectivity index (χ1) is 8.09. The molecule has 0 aliphatic carbocycles. The summed E-state index contributed by atoms with van der Waals surface area (Å²) in [6.07, 6.45) is 1.96. The molecule has 1 aliphatic rings. The third kappa shape index (κ3) is 2.98. The Bertz CT molecular complexity index is 406. The molecule has 1 aromatic heterocycles. The Balaban J connectivity index is 2.34. The van der Waals surface area contributed by atoms with E-state index in [2.05, 4.69) is 39.7 Å². The fourth-order valence-electron chi connectivity index (χ4n) is 1.97. The quantitative estimate of drug-likeness (QED) is 0.775. The maximum Gasteiger partial charge on any atom is 0.147 e. The topological polar surface area (TPSA) is 35.0 Å². The van der Waals surface area contributed by atoms with Gasteiger partial charge in [-0.1, -0.05) is 25.4 Å². The van der Waals surface area contributed by atoms with Crippen LogP contribution >= 0.6 is 27.5 Å². The third-order valence-electron chi connectivity index (χ3n) is 2.99. The summed E-state index contributed by atoms with van der Waals surface area (Å²) >= 11 is 9.61. The Kier molecular flexibility index (Phi) is 4.39. The zero-order chi connectivity index (χ0) is 12.4. The SMILES string of the molecule is CC(C)c1nc(C2CCOCC2)nc(Cl)c1Br. The highest BCUT2D eigenvalue weighted by Crippen LogP contribution is 2.32. The number of hydrogen-bond donors (Lipinski definition) is 0. The van der Waals surface area contributed by atoms with Crippen LogP contribution in [0.5, 0.6) is 0 Å². The first-order valence-corrected chi connectivity index (χ1v) is 7.07. The van der Waals surface area contributed by atoms with Crippen LogP contribution in [-0.4, -0.2) is 23.2 Å². The molecular weight excluding hydrogens is 304 g/mol. The second-order valence-corrected chi connectivity index (χ2v) is 5.76. The van der Waals surface area contributed by atoms with Gasteiger partial charge in [0.1, 0.15) is 11.0 Å². The minimum Gasteiger partial charge on any atom is -0.381 e. The molecule has 0 radical (unpaired) electrons. The molecule has 0 saturated carbocycles. The fourth-order valence-corrected chi connectivity index (χ4v) is 2.79. The van der Waals surface area contributed by atoms with Crippen molar-refractivity contribution in [1.29, 1.82) is 0 Å². The van der Waals surface area contributed by atoms with E-state index in [1.165, 1.54) is 0 Å². The molecule has 1 aromatic rings. The Morgan fingerprint density at radius 2 is 1.94 bits per heavy atom. The standard InChI is InChI=1S/C12H16BrClN2O/c1-7(2)10-9(13)11(14)16-12(15-10)8-3-5-17-6-4-8/h7-8H,3-6H2,1-2H3. The lowest BCUT2D eigenvalue weighted by Gasteiger charge is -2.22. The zero-order valence-corrected chi connectivity index (χ0v) is 12.4. The Hall–Kier alpha value is -0.190. The van der Waals surface area contributed by atoms with E-state index in [4.69, 9.17) is 16.3 Å². The molecule has 1 aliphatic heterocycles. The van der Waals surface area contributed by atoms with E-state index in [1.54, 1.807) is 0 Å². The number of aromatic nitrogens is 2. The maximum absolute atomic E-state index is 6.15. The summed E-state index contributed by atoms with van der Waals surface area (Å²) in [4.78, 5) is 9.05. The summed E-state index contributed by atoms with van der Waals surface area (Å²) < 4.78 is 6.18. The van der Waals surface area contributed by atoms with Crippen LogP contribution in [0.25, 0.3) is 0 Å². The predicted molar refractivity (Wildman–Crippen MR) is 71.6 cm³/mol. The molecule has 94 valence electrons. The van der Waals surface area contributed by atoms with E-state index >= 15 is 0 Å². The summed E-state index contributed by atoms with van der Waals surface area (Å²) in [5.41, 5.74) is 0.992. The van der Waals surface area contributed by atoms with Crippen molar-refractivity contribution >= 4 is 27.5 Å². The van der Waals surface area contributed by atoms with Crippen molar-refractivity contribution < 1.29 is 4.74 Å². The maximum atomic E-state index is 6.15. The summed E-state index contributed by atoms with van der Waals surface area (Å²) in [5.74, 6) is 1.58. The largest absolute Gasteiger partial charge is 0.381 e. The molecule has 0 atom stereocenters. The van der Waals surface area contributed by atoms with Crippen LogP contribution in [0.2, 0.25) is 5.15 Å². The second kappa shape index (κ2) is 5.63. The number of rotatable bonds is 2. The monoisotopic (exact) mass is 318 g/mol. The summed E-state index contributed by atoms with van der Waals surface area (Å²) in [6.45, 7) is 5.80. The van der Waals surface area contributed by atoms with E-state index in [1.807, 2.05) is 0 Å². The molecule has 17 heavy (non-hydrogen) atoms. The van der Waals surface area contributed by atoms with Crippen molar-refractivity contribution in [2.24, 2.45) is 0 Å². The zero-order valence-electron chi connectivity index (χ0n) is 10.0. The number of ether oxygens (including phenoxy) is 1.